The molecule has 0 aliphatic heterocycles. The molecule has 0 aliphatic carbocycles. The first-order valence-corrected chi connectivity index (χ1v) is 9.42. The summed E-state index contributed by atoms with van der Waals surface area (Å²) >= 11 is 0. The fraction of sp³-hybridized carbons (Fsp3) is 0.222. The molecule has 0 radical (unpaired) electrons. The summed E-state index contributed by atoms with van der Waals surface area (Å²) < 4.78 is 27.3. The molecule has 3 rings (SSSR count). The van der Waals surface area contributed by atoms with E-state index in [1.54, 1.807) is 24.3 Å². The molecule has 6 heteroatoms. The number of H-pyrrole nitrogens is 1. The third-order valence-corrected chi connectivity index (χ3v) is 5.31. The van der Waals surface area contributed by atoms with Crippen LogP contribution in [-0.2, 0) is 22.2 Å². The van der Waals surface area contributed by atoms with E-state index >= 15 is 0 Å². The second kappa shape index (κ2) is 7.17. The number of nitrogens with one attached hydrogen (secondary N) is 2. The molecule has 0 amide bonds. The van der Waals surface area contributed by atoms with Crippen molar-refractivity contribution in [2.24, 2.45) is 0 Å². The van der Waals surface area contributed by atoms with Crippen LogP contribution in [0.15, 0.2) is 60.8 Å². The number of aliphatic hydroxyl groups excluding tert-OH is 1. The molecule has 0 saturated heterocycles. The lowest BCUT2D eigenvalue weighted by Gasteiger charge is -2.16. The maximum absolute atomic E-state index is 12.3. The average molecular weight is 344 g/mol. The lowest BCUT2D eigenvalue weighted by Crippen LogP contribution is -2.39. The summed E-state index contributed by atoms with van der Waals surface area (Å²) in [5.41, 5.74) is 2.69. The van der Waals surface area contributed by atoms with E-state index in [1.165, 1.54) is 0 Å². The van der Waals surface area contributed by atoms with Gasteiger partial charge in [0.15, 0.2) is 0 Å². The maximum atomic E-state index is 12.3. The summed E-state index contributed by atoms with van der Waals surface area (Å²) in [7, 11) is -3.52. The van der Waals surface area contributed by atoms with Gasteiger partial charge < -0.3 is 10.1 Å². The Morgan fingerprint density at radius 3 is 2.50 bits per heavy atom. The first-order valence-electron chi connectivity index (χ1n) is 7.77. The van der Waals surface area contributed by atoms with Gasteiger partial charge in [-0.05, 0) is 23.6 Å². The summed E-state index contributed by atoms with van der Waals surface area (Å²) in [6.07, 6.45) is 2.29. The van der Waals surface area contributed by atoms with Gasteiger partial charge in [-0.25, -0.2) is 13.1 Å². The van der Waals surface area contributed by atoms with Gasteiger partial charge in [0.1, 0.15) is 0 Å². The largest absolute Gasteiger partial charge is 0.395 e. The van der Waals surface area contributed by atoms with Crippen molar-refractivity contribution in [3.05, 3.63) is 71.9 Å². The van der Waals surface area contributed by atoms with E-state index in [9.17, 15) is 13.5 Å². The van der Waals surface area contributed by atoms with Crippen LogP contribution >= 0.6 is 0 Å². The fourth-order valence-corrected chi connectivity index (χ4v) is 4.18. The highest BCUT2D eigenvalue weighted by molar-refractivity contribution is 7.88. The van der Waals surface area contributed by atoms with Gasteiger partial charge in [-0.2, -0.15) is 0 Å². The summed E-state index contributed by atoms with van der Waals surface area (Å²) in [6, 6.07) is 16.3. The summed E-state index contributed by atoms with van der Waals surface area (Å²) in [5.74, 6) is -0.0990. The van der Waals surface area contributed by atoms with Crippen LogP contribution in [0.1, 0.15) is 11.1 Å². The van der Waals surface area contributed by atoms with Crippen LogP contribution in [-0.4, -0.2) is 31.2 Å². The molecule has 1 heterocycles. The van der Waals surface area contributed by atoms with Crippen molar-refractivity contribution < 1.29 is 13.5 Å². The van der Waals surface area contributed by atoms with Gasteiger partial charge in [0.25, 0.3) is 0 Å². The molecule has 5 nitrogen and oxygen atoms in total. The highest BCUT2D eigenvalue weighted by Crippen LogP contribution is 2.19. The van der Waals surface area contributed by atoms with E-state index in [-0.39, 0.29) is 12.4 Å². The number of aromatic nitrogens is 1. The Hall–Kier alpha value is -2.15. The molecule has 1 unspecified atom stereocenters. The monoisotopic (exact) mass is 344 g/mol. The Bertz CT molecular complexity index is 904. The molecule has 0 saturated carbocycles. The molecule has 0 aliphatic rings. The summed E-state index contributed by atoms with van der Waals surface area (Å²) in [5, 5.41) is 10.6. The van der Waals surface area contributed by atoms with Crippen molar-refractivity contribution in [3.63, 3.8) is 0 Å². The minimum atomic E-state index is -3.52. The second-order valence-corrected chi connectivity index (χ2v) is 7.56. The zero-order valence-corrected chi connectivity index (χ0v) is 14.0. The smallest absolute Gasteiger partial charge is 0.216 e. The second-order valence-electron chi connectivity index (χ2n) is 5.81. The number of fused-ring (bicyclic) bond motifs is 1. The van der Waals surface area contributed by atoms with Crippen LogP contribution in [0.2, 0.25) is 0 Å². The Labute approximate surface area is 141 Å². The van der Waals surface area contributed by atoms with Crippen LogP contribution < -0.4 is 4.72 Å². The van der Waals surface area contributed by atoms with Crippen LogP contribution in [0.5, 0.6) is 0 Å². The SMILES string of the molecule is O=S(=O)(Cc1ccccc1)NC(CO)Cc1c[nH]c2ccccc12. The van der Waals surface area contributed by atoms with Crippen molar-refractivity contribution in [3.8, 4) is 0 Å². The van der Waals surface area contributed by atoms with E-state index in [4.69, 9.17) is 0 Å². The van der Waals surface area contributed by atoms with Crippen LogP contribution in [0, 0.1) is 0 Å². The van der Waals surface area contributed by atoms with Gasteiger partial charge in [0.05, 0.1) is 12.4 Å². The summed E-state index contributed by atoms with van der Waals surface area (Å²) in [6.45, 7) is -0.256. The maximum Gasteiger partial charge on any atom is 0.216 e. The van der Waals surface area contributed by atoms with Crippen molar-refractivity contribution in [2.75, 3.05) is 6.61 Å². The molecule has 1 aromatic heterocycles. The molecule has 0 fully saturated rings. The van der Waals surface area contributed by atoms with E-state index in [0.29, 0.717) is 12.0 Å². The van der Waals surface area contributed by atoms with Crippen molar-refractivity contribution in [1.82, 2.24) is 9.71 Å². The topological polar surface area (TPSA) is 82.2 Å². The Morgan fingerprint density at radius 2 is 1.75 bits per heavy atom. The Morgan fingerprint density at radius 1 is 1.04 bits per heavy atom. The van der Waals surface area contributed by atoms with Gasteiger partial charge in [0, 0.05) is 23.1 Å². The molecular formula is C18H20N2O3S. The number of sulfonamides is 1. The number of hydrogen-bond acceptors (Lipinski definition) is 3. The molecule has 3 aromatic rings. The van der Waals surface area contributed by atoms with E-state index < -0.39 is 16.1 Å². The molecule has 3 N–H and O–H groups in total. The number of aromatic amines is 1. The quantitative estimate of drug-likeness (QED) is 0.614. The number of hydrogen-bond donors (Lipinski definition) is 3. The molecule has 0 bridgehead atoms. The van der Waals surface area contributed by atoms with Crippen LogP contribution in [0.25, 0.3) is 10.9 Å². The Kier molecular flexibility index (Phi) is 4.99. The predicted octanol–water partition coefficient (Wildman–Crippen LogP) is 2.19. The highest BCUT2D eigenvalue weighted by atomic mass is 32.2. The van der Waals surface area contributed by atoms with Crippen molar-refractivity contribution in [2.45, 2.75) is 18.2 Å². The lowest BCUT2D eigenvalue weighted by molar-refractivity contribution is 0.256. The van der Waals surface area contributed by atoms with Crippen molar-refractivity contribution >= 4 is 20.9 Å². The minimum Gasteiger partial charge on any atom is -0.395 e. The number of para-hydroxylation sites is 1. The number of benzene rings is 2. The molecule has 1 atom stereocenters. The van der Waals surface area contributed by atoms with E-state index in [1.807, 2.05) is 36.5 Å². The molecule has 24 heavy (non-hydrogen) atoms. The molecule has 2 aromatic carbocycles. The fourth-order valence-electron chi connectivity index (χ4n) is 2.80. The first kappa shape index (κ1) is 16.7. The number of aliphatic hydroxyl groups is 1. The van der Waals surface area contributed by atoms with Crippen molar-refractivity contribution in [1.29, 1.82) is 0 Å². The van der Waals surface area contributed by atoms with Gasteiger partial charge in [-0.1, -0.05) is 48.5 Å². The normalized spacial score (nSPS) is 13.2. The van der Waals surface area contributed by atoms with E-state index in [2.05, 4.69) is 9.71 Å². The average Bonchev–Trinajstić information content (AvgIpc) is 2.97. The Balaban J connectivity index is 1.72. The third-order valence-electron chi connectivity index (χ3n) is 3.91. The standard InChI is InChI=1S/C18H20N2O3S/c21-12-16(10-15-11-19-18-9-5-4-8-17(15)18)20-24(22,23)13-14-6-2-1-3-7-14/h1-9,11,16,19-21H,10,12-13H2. The molecule has 126 valence electrons. The van der Waals surface area contributed by atoms with Gasteiger partial charge in [-0.3, -0.25) is 0 Å². The van der Waals surface area contributed by atoms with Gasteiger partial charge in [0.2, 0.25) is 10.0 Å². The van der Waals surface area contributed by atoms with Crippen LogP contribution in [0.3, 0.4) is 0 Å². The highest BCUT2D eigenvalue weighted by Gasteiger charge is 2.19. The van der Waals surface area contributed by atoms with Gasteiger partial charge in [-0.15, -0.1) is 0 Å². The molecule has 0 spiro atoms. The number of rotatable bonds is 7. The minimum absolute atomic E-state index is 0.0990. The van der Waals surface area contributed by atoms with Gasteiger partial charge >= 0.3 is 0 Å². The first-order chi connectivity index (χ1) is 11.6. The van der Waals surface area contributed by atoms with E-state index in [0.717, 1.165) is 16.5 Å². The molecular weight excluding hydrogens is 324 g/mol. The van der Waals surface area contributed by atoms with Crippen LogP contribution in [0.4, 0.5) is 0 Å². The zero-order chi connectivity index (χ0) is 17.0. The lowest BCUT2D eigenvalue weighted by atomic mass is 10.1. The predicted molar refractivity (Wildman–Crippen MR) is 95.1 cm³/mol. The summed E-state index contributed by atoms with van der Waals surface area (Å²) in [4.78, 5) is 3.16. The zero-order valence-electron chi connectivity index (χ0n) is 13.1. The third kappa shape index (κ3) is 4.03.